The summed E-state index contributed by atoms with van der Waals surface area (Å²) < 4.78 is 26.3. The van der Waals surface area contributed by atoms with Crippen molar-refractivity contribution in [3.63, 3.8) is 0 Å². The van der Waals surface area contributed by atoms with Crippen molar-refractivity contribution in [2.75, 3.05) is 45.8 Å². The Morgan fingerprint density at radius 1 is 1.11 bits per heavy atom. The van der Waals surface area contributed by atoms with Gasteiger partial charge in [0.2, 0.25) is 5.92 Å². The molecule has 1 aliphatic carbocycles. The Morgan fingerprint density at radius 3 is 2.50 bits per heavy atom. The molecule has 1 unspecified atom stereocenters. The summed E-state index contributed by atoms with van der Waals surface area (Å²) in [6, 6.07) is 0. The van der Waals surface area contributed by atoms with E-state index in [2.05, 4.69) is 9.80 Å². The number of hydrogen-bond donors (Lipinski definition) is 1. The summed E-state index contributed by atoms with van der Waals surface area (Å²) in [4.78, 5) is 4.74. The van der Waals surface area contributed by atoms with Crippen molar-refractivity contribution in [1.82, 2.24) is 9.80 Å². The summed E-state index contributed by atoms with van der Waals surface area (Å²) in [5, 5.41) is 0. The second-order valence-corrected chi connectivity index (χ2v) is 5.75. The molecule has 18 heavy (non-hydrogen) atoms. The molecule has 2 fully saturated rings. The Hall–Kier alpha value is -0.260. The molecule has 1 aliphatic heterocycles. The molecule has 1 saturated carbocycles. The highest BCUT2D eigenvalue weighted by Gasteiger charge is 2.39. The first-order valence-electron chi connectivity index (χ1n) is 7.12. The average molecular weight is 261 g/mol. The third kappa shape index (κ3) is 4.14. The van der Waals surface area contributed by atoms with Gasteiger partial charge >= 0.3 is 0 Å². The molecule has 1 saturated heterocycles. The maximum Gasteiger partial charge on any atom is 0.248 e. The second kappa shape index (κ2) is 6.26. The van der Waals surface area contributed by atoms with Crippen LogP contribution in [0, 0.1) is 5.92 Å². The summed E-state index contributed by atoms with van der Waals surface area (Å²) in [5.41, 5.74) is 5.57. The lowest BCUT2D eigenvalue weighted by molar-refractivity contribution is 0.00350. The van der Waals surface area contributed by atoms with Crippen molar-refractivity contribution >= 4 is 0 Å². The van der Waals surface area contributed by atoms with Crippen LogP contribution in [0.15, 0.2) is 0 Å². The van der Waals surface area contributed by atoms with E-state index in [1.165, 1.54) is 0 Å². The highest BCUT2D eigenvalue weighted by molar-refractivity contribution is 4.84. The van der Waals surface area contributed by atoms with Crippen LogP contribution in [0.4, 0.5) is 8.78 Å². The SMILES string of the molecule is NCCN1CCCN(CC2CCC(F)(F)C2)CC1. The van der Waals surface area contributed by atoms with E-state index in [0.29, 0.717) is 13.0 Å². The van der Waals surface area contributed by atoms with E-state index in [-0.39, 0.29) is 18.8 Å². The first-order valence-corrected chi connectivity index (χ1v) is 7.12. The summed E-state index contributed by atoms with van der Waals surface area (Å²) >= 11 is 0. The van der Waals surface area contributed by atoms with Crippen LogP contribution in [-0.2, 0) is 0 Å². The standard InChI is InChI=1S/C13H25F2N3/c14-13(15)3-2-12(10-13)11-18-6-1-5-17(7-4-16)8-9-18/h12H,1-11,16H2. The smallest absolute Gasteiger partial charge is 0.248 e. The summed E-state index contributed by atoms with van der Waals surface area (Å²) in [5.74, 6) is -2.21. The lowest BCUT2D eigenvalue weighted by atomic mass is 10.1. The van der Waals surface area contributed by atoms with Crippen LogP contribution in [0.3, 0.4) is 0 Å². The number of alkyl halides is 2. The lowest BCUT2D eigenvalue weighted by Gasteiger charge is -2.24. The molecule has 0 amide bonds. The van der Waals surface area contributed by atoms with Crippen LogP contribution in [0.25, 0.3) is 0 Å². The van der Waals surface area contributed by atoms with Gasteiger partial charge in [0.05, 0.1) is 0 Å². The molecule has 2 N–H and O–H groups in total. The second-order valence-electron chi connectivity index (χ2n) is 5.75. The van der Waals surface area contributed by atoms with Gasteiger partial charge in [0.25, 0.3) is 0 Å². The third-order valence-electron chi connectivity index (χ3n) is 4.15. The van der Waals surface area contributed by atoms with Gasteiger partial charge in [-0.25, -0.2) is 8.78 Å². The zero-order chi connectivity index (χ0) is 13.0. The number of rotatable bonds is 4. The van der Waals surface area contributed by atoms with Crippen molar-refractivity contribution in [2.24, 2.45) is 11.7 Å². The molecule has 106 valence electrons. The predicted molar refractivity (Wildman–Crippen MR) is 68.8 cm³/mol. The van der Waals surface area contributed by atoms with Crippen molar-refractivity contribution < 1.29 is 8.78 Å². The zero-order valence-electron chi connectivity index (χ0n) is 11.1. The van der Waals surface area contributed by atoms with Crippen LogP contribution < -0.4 is 5.73 Å². The Kier molecular flexibility index (Phi) is 4.92. The monoisotopic (exact) mass is 261 g/mol. The van der Waals surface area contributed by atoms with Gasteiger partial charge in [-0.15, -0.1) is 0 Å². The summed E-state index contributed by atoms with van der Waals surface area (Å²) in [7, 11) is 0. The largest absolute Gasteiger partial charge is 0.329 e. The molecule has 0 aromatic rings. The topological polar surface area (TPSA) is 32.5 Å². The maximum absolute atomic E-state index is 13.2. The van der Waals surface area contributed by atoms with Crippen LogP contribution in [0.5, 0.6) is 0 Å². The van der Waals surface area contributed by atoms with Gasteiger partial charge in [-0.3, -0.25) is 0 Å². The first kappa shape index (κ1) is 14.2. The Labute approximate surface area is 108 Å². The Bertz CT molecular complexity index is 261. The molecule has 5 heteroatoms. The van der Waals surface area contributed by atoms with Crippen molar-refractivity contribution in [3.8, 4) is 0 Å². The van der Waals surface area contributed by atoms with E-state index >= 15 is 0 Å². The molecule has 0 spiro atoms. The highest BCUT2D eigenvalue weighted by atomic mass is 19.3. The van der Waals surface area contributed by atoms with Gasteiger partial charge in [0.1, 0.15) is 0 Å². The van der Waals surface area contributed by atoms with E-state index in [1.54, 1.807) is 0 Å². The fraction of sp³-hybridized carbons (Fsp3) is 1.00. The van der Waals surface area contributed by atoms with Crippen molar-refractivity contribution in [2.45, 2.75) is 31.6 Å². The van der Waals surface area contributed by atoms with Crippen LogP contribution in [0.1, 0.15) is 25.7 Å². The quantitative estimate of drug-likeness (QED) is 0.830. The Morgan fingerprint density at radius 2 is 1.83 bits per heavy atom. The van der Waals surface area contributed by atoms with Crippen molar-refractivity contribution in [3.05, 3.63) is 0 Å². The van der Waals surface area contributed by atoms with Crippen LogP contribution in [-0.4, -0.2) is 61.5 Å². The van der Waals surface area contributed by atoms with E-state index in [4.69, 9.17) is 5.73 Å². The van der Waals surface area contributed by atoms with Gasteiger partial charge < -0.3 is 15.5 Å². The minimum absolute atomic E-state index is 0.0881. The molecular formula is C13H25F2N3. The van der Waals surface area contributed by atoms with Gasteiger partial charge in [0.15, 0.2) is 0 Å². The predicted octanol–water partition coefficient (Wildman–Crippen LogP) is 1.39. The van der Waals surface area contributed by atoms with Crippen LogP contribution >= 0.6 is 0 Å². The molecule has 3 nitrogen and oxygen atoms in total. The highest BCUT2D eigenvalue weighted by Crippen LogP contribution is 2.39. The minimum Gasteiger partial charge on any atom is -0.329 e. The average Bonchev–Trinajstić information content (AvgIpc) is 2.51. The minimum atomic E-state index is -2.40. The van der Waals surface area contributed by atoms with Gasteiger partial charge in [-0.05, 0) is 31.8 Å². The summed E-state index contributed by atoms with van der Waals surface area (Å²) in [6.45, 7) is 6.68. The third-order valence-corrected chi connectivity index (χ3v) is 4.15. The van der Waals surface area contributed by atoms with E-state index in [1.807, 2.05) is 0 Å². The number of halogens is 2. The molecule has 0 bridgehead atoms. The molecular weight excluding hydrogens is 236 g/mol. The number of nitrogens with two attached hydrogens (primary N) is 1. The normalized spacial score (nSPS) is 30.5. The van der Waals surface area contributed by atoms with Crippen LogP contribution in [0.2, 0.25) is 0 Å². The molecule has 2 rings (SSSR count). The summed E-state index contributed by atoms with van der Waals surface area (Å²) in [6.07, 6.45) is 2.00. The van der Waals surface area contributed by atoms with E-state index in [9.17, 15) is 8.78 Å². The molecule has 1 atom stereocenters. The fourth-order valence-corrected chi connectivity index (χ4v) is 3.18. The maximum atomic E-state index is 13.2. The first-order chi connectivity index (χ1) is 8.59. The Balaban J connectivity index is 1.74. The number of hydrogen-bond acceptors (Lipinski definition) is 3. The molecule has 0 aromatic carbocycles. The van der Waals surface area contributed by atoms with E-state index < -0.39 is 5.92 Å². The zero-order valence-corrected chi connectivity index (χ0v) is 11.1. The van der Waals surface area contributed by atoms with Gasteiger partial charge in [-0.1, -0.05) is 0 Å². The fourth-order valence-electron chi connectivity index (χ4n) is 3.18. The molecule has 2 aliphatic rings. The molecule has 1 heterocycles. The molecule has 0 radical (unpaired) electrons. The lowest BCUT2D eigenvalue weighted by Crippen LogP contribution is -2.35. The van der Waals surface area contributed by atoms with E-state index in [0.717, 1.165) is 45.7 Å². The van der Waals surface area contributed by atoms with Gasteiger partial charge in [0, 0.05) is 45.6 Å². The van der Waals surface area contributed by atoms with Crippen molar-refractivity contribution in [1.29, 1.82) is 0 Å². The van der Waals surface area contributed by atoms with Gasteiger partial charge in [-0.2, -0.15) is 0 Å². The number of nitrogens with zero attached hydrogens (tertiary/aromatic N) is 2. The molecule has 0 aromatic heterocycles.